The summed E-state index contributed by atoms with van der Waals surface area (Å²) in [6, 6.07) is 23.9. The number of benzene rings is 3. The summed E-state index contributed by atoms with van der Waals surface area (Å²) >= 11 is 1.72. The van der Waals surface area contributed by atoms with E-state index in [0.717, 1.165) is 16.1 Å². The Morgan fingerprint density at radius 2 is 1.77 bits per heavy atom. The lowest BCUT2D eigenvalue weighted by molar-refractivity contribution is -0.116. The fourth-order valence-electron chi connectivity index (χ4n) is 3.06. The minimum Gasteiger partial charge on any atom is -0.339 e. The molecule has 6 heteroatoms. The number of nitrogens with one attached hydrogen (secondary N) is 1. The topological polar surface area (TPSA) is 68.0 Å². The summed E-state index contributed by atoms with van der Waals surface area (Å²) in [5.41, 5.74) is 4.16. The highest BCUT2D eigenvalue weighted by atomic mass is 32.2. The molecule has 0 saturated carbocycles. The molecule has 0 aliphatic carbocycles. The van der Waals surface area contributed by atoms with Gasteiger partial charge in [0.25, 0.3) is 0 Å². The van der Waals surface area contributed by atoms with Gasteiger partial charge in [0.15, 0.2) is 0 Å². The minimum atomic E-state index is -0.0885. The molecule has 31 heavy (non-hydrogen) atoms. The first-order valence-corrected chi connectivity index (χ1v) is 10.9. The summed E-state index contributed by atoms with van der Waals surface area (Å²) in [4.78, 5) is 19.1. The van der Waals surface area contributed by atoms with E-state index in [1.807, 2.05) is 54.6 Å². The summed E-state index contributed by atoms with van der Waals surface area (Å²) in [7, 11) is 0. The van der Waals surface area contributed by atoms with Gasteiger partial charge in [0.2, 0.25) is 17.6 Å². The first-order valence-electron chi connectivity index (χ1n) is 10.1. The monoisotopic (exact) mass is 429 g/mol. The highest BCUT2D eigenvalue weighted by Crippen LogP contribution is 2.31. The third-order valence-corrected chi connectivity index (χ3v) is 5.94. The Labute approximate surface area is 185 Å². The van der Waals surface area contributed by atoms with E-state index in [2.05, 4.69) is 47.5 Å². The number of aromatic nitrogens is 2. The molecule has 0 unspecified atom stereocenters. The van der Waals surface area contributed by atoms with Gasteiger partial charge in [-0.1, -0.05) is 59.4 Å². The second kappa shape index (κ2) is 9.62. The molecular formula is C25H23N3O2S. The smallest absolute Gasteiger partial charge is 0.227 e. The normalized spacial score (nSPS) is 10.8. The van der Waals surface area contributed by atoms with Crippen molar-refractivity contribution in [1.29, 1.82) is 0 Å². The van der Waals surface area contributed by atoms with Gasteiger partial charge in [-0.3, -0.25) is 4.79 Å². The lowest BCUT2D eigenvalue weighted by Gasteiger charge is -2.08. The summed E-state index contributed by atoms with van der Waals surface area (Å²) in [5, 5.41) is 6.91. The number of aryl methyl sites for hydroxylation is 3. The third-order valence-electron chi connectivity index (χ3n) is 4.78. The highest BCUT2D eigenvalue weighted by molar-refractivity contribution is 7.99. The van der Waals surface area contributed by atoms with Gasteiger partial charge < -0.3 is 9.84 Å². The molecule has 1 N–H and O–H groups in total. The van der Waals surface area contributed by atoms with E-state index in [1.54, 1.807) is 11.8 Å². The van der Waals surface area contributed by atoms with Crippen molar-refractivity contribution in [1.82, 2.24) is 10.1 Å². The highest BCUT2D eigenvalue weighted by Gasteiger charge is 2.11. The molecule has 0 bridgehead atoms. The SMILES string of the molecule is Cc1ccc(C)c(Sc2ccc(NC(=O)CCc3nc(-c4ccccc4)no3)cc2)c1. The standard InChI is InChI=1S/C25H23N3O2S/c1-17-8-9-18(2)22(16-17)31-21-12-10-20(11-13-21)26-23(29)14-15-24-27-25(28-30-24)19-6-4-3-5-7-19/h3-13,16H,14-15H2,1-2H3,(H,26,29). The maximum atomic E-state index is 12.3. The average Bonchev–Trinajstić information content (AvgIpc) is 3.26. The van der Waals surface area contributed by atoms with Crippen LogP contribution in [0.25, 0.3) is 11.4 Å². The first kappa shape index (κ1) is 20.9. The van der Waals surface area contributed by atoms with E-state index in [1.165, 1.54) is 16.0 Å². The van der Waals surface area contributed by atoms with Crippen molar-refractivity contribution in [2.75, 3.05) is 5.32 Å². The van der Waals surface area contributed by atoms with Gasteiger partial charge in [0.05, 0.1) is 0 Å². The molecule has 3 aromatic carbocycles. The quantitative estimate of drug-likeness (QED) is 0.386. The number of rotatable bonds is 7. The first-order chi connectivity index (χ1) is 15.1. The Balaban J connectivity index is 1.30. The molecule has 0 fully saturated rings. The number of hydrogen-bond acceptors (Lipinski definition) is 5. The zero-order valence-electron chi connectivity index (χ0n) is 17.5. The minimum absolute atomic E-state index is 0.0885. The van der Waals surface area contributed by atoms with Crippen LogP contribution in [0.15, 0.2) is 87.1 Å². The van der Waals surface area contributed by atoms with Crippen LogP contribution in [-0.2, 0) is 11.2 Å². The van der Waals surface area contributed by atoms with Crippen molar-refractivity contribution in [3.05, 3.63) is 89.8 Å². The maximum absolute atomic E-state index is 12.3. The van der Waals surface area contributed by atoms with Crippen LogP contribution in [0.1, 0.15) is 23.4 Å². The van der Waals surface area contributed by atoms with Crippen molar-refractivity contribution in [2.45, 2.75) is 36.5 Å². The van der Waals surface area contributed by atoms with Crippen LogP contribution in [0.2, 0.25) is 0 Å². The van der Waals surface area contributed by atoms with Gasteiger partial charge >= 0.3 is 0 Å². The van der Waals surface area contributed by atoms with Crippen LogP contribution >= 0.6 is 11.8 Å². The molecule has 4 aromatic rings. The van der Waals surface area contributed by atoms with Crippen LogP contribution in [0, 0.1) is 13.8 Å². The number of hydrogen-bond donors (Lipinski definition) is 1. The second-order valence-electron chi connectivity index (χ2n) is 7.32. The predicted octanol–water partition coefficient (Wildman–Crippen LogP) is 6.08. The lowest BCUT2D eigenvalue weighted by Crippen LogP contribution is -2.12. The molecule has 0 aliphatic heterocycles. The number of carbonyl (C=O) groups is 1. The number of nitrogens with zero attached hydrogens (tertiary/aromatic N) is 2. The molecule has 1 heterocycles. The molecule has 0 atom stereocenters. The van der Waals surface area contributed by atoms with Gasteiger partial charge in [-0.2, -0.15) is 4.98 Å². The van der Waals surface area contributed by atoms with Gasteiger partial charge in [-0.25, -0.2) is 0 Å². The lowest BCUT2D eigenvalue weighted by atomic mass is 10.2. The molecule has 0 saturated heterocycles. The molecule has 0 spiro atoms. The Morgan fingerprint density at radius 3 is 2.55 bits per heavy atom. The van der Waals surface area contributed by atoms with E-state index in [0.29, 0.717) is 18.1 Å². The molecule has 0 aliphatic rings. The van der Waals surface area contributed by atoms with E-state index < -0.39 is 0 Å². The summed E-state index contributed by atoms with van der Waals surface area (Å²) in [6.45, 7) is 4.21. The third kappa shape index (κ3) is 5.61. The van der Waals surface area contributed by atoms with E-state index in [4.69, 9.17) is 4.52 Å². The van der Waals surface area contributed by atoms with Crippen LogP contribution in [0.3, 0.4) is 0 Å². The molecule has 1 amide bonds. The van der Waals surface area contributed by atoms with Gasteiger partial charge in [-0.05, 0) is 55.3 Å². The van der Waals surface area contributed by atoms with Crippen molar-refractivity contribution < 1.29 is 9.32 Å². The molecule has 156 valence electrons. The van der Waals surface area contributed by atoms with E-state index >= 15 is 0 Å². The second-order valence-corrected chi connectivity index (χ2v) is 8.44. The van der Waals surface area contributed by atoms with Crippen LogP contribution < -0.4 is 5.32 Å². The zero-order chi connectivity index (χ0) is 21.6. The zero-order valence-corrected chi connectivity index (χ0v) is 18.3. The Hall–Kier alpha value is -3.38. The number of anilines is 1. The molecule has 4 rings (SSSR count). The van der Waals surface area contributed by atoms with Crippen LogP contribution in [0.4, 0.5) is 5.69 Å². The van der Waals surface area contributed by atoms with Crippen LogP contribution in [-0.4, -0.2) is 16.0 Å². The van der Waals surface area contributed by atoms with E-state index in [9.17, 15) is 4.79 Å². The molecule has 0 radical (unpaired) electrons. The average molecular weight is 430 g/mol. The Bertz CT molecular complexity index is 1170. The fourth-order valence-corrected chi connectivity index (χ4v) is 4.06. The van der Waals surface area contributed by atoms with Gasteiger partial charge in [0, 0.05) is 33.9 Å². The van der Waals surface area contributed by atoms with Crippen molar-refractivity contribution in [2.24, 2.45) is 0 Å². The van der Waals surface area contributed by atoms with Crippen molar-refractivity contribution in [3.8, 4) is 11.4 Å². The van der Waals surface area contributed by atoms with E-state index in [-0.39, 0.29) is 12.3 Å². The summed E-state index contributed by atoms with van der Waals surface area (Å²) < 4.78 is 5.27. The summed E-state index contributed by atoms with van der Waals surface area (Å²) in [6.07, 6.45) is 0.668. The Morgan fingerprint density at radius 1 is 1.00 bits per heavy atom. The molecule has 5 nitrogen and oxygen atoms in total. The number of carbonyl (C=O) groups excluding carboxylic acids is 1. The van der Waals surface area contributed by atoms with Crippen molar-refractivity contribution in [3.63, 3.8) is 0 Å². The predicted molar refractivity (Wildman–Crippen MR) is 123 cm³/mol. The maximum Gasteiger partial charge on any atom is 0.227 e. The number of amides is 1. The molecular weight excluding hydrogens is 406 g/mol. The van der Waals surface area contributed by atoms with Gasteiger partial charge in [-0.15, -0.1) is 0 Å². The molecule has 1 aromatic heterocycles. The van der Waals surface area contributed by atoms with Crippen molar-refractivity contribution >= 4 is 23.4 Å². The summed E-state index contributed by atoms with van der Waals surface area (Å²) in [5.74, 6) is 0.900. The fraction of sp³-hybridized carbons (Fsp3) is 0.160. The Kier molecular flexibility index (Phi) is 6.48. The largest absolute Gasteiger partial charge is 0.339 e. The van der Waals surface area contributed by atoms with Crippen LogP contribution in [0.5, 0.6) is 0 Å². The van der Waals surface area contributed by atoms with Gasteiger partial charge in [0.1, 0.15) is 0 Å².